The van der Waals surface area contributed by atoms with Crippen molar-refractivity contribution in [3.05, 3.63) is 117 Å². The van der Waals surface area contributed by atoms with Gasteiger partial charge in [0.05, 0.1) is 32.3 Å². The van der Waals surface area contributed by atoms with E-state index in [1.165, 1.54) is 18.2 Å². The number of nitrogens with one attached hydrogen (secondary N) is 3. The summed E-state index contributed by atoms with van der Waals surface area (Å²) in [5, 5.41) is 16.0. The fourth-order valence-electron chi connectivity index (χ4n) is 4.15. The minimum atomic E-state index is -1.27. The molecule has 1 aromatic heterocycles. The van der Waals surface area contributed by atoms with Gasteiger partial charge in [0.15, 0.2) is 0 Å². The number of aromatic carboxylic acids is 1. The van der Waals surface area contributed by atoms with Crippen LogP contribution in [0.3, 0.4) is 0 Å². The number of anilines is 1. The zero-order chi connectivity index (χ0) is 28.2. The van der Waals surface area contributed by atoms with Gasteiger partial charge in [0.2, 0.25) is 0 Å². The average molecular weight is 573 g/mol. The van der Waals surface area contributed by atoms with Crippen molar-refractivity contribution < 1.29 is 19.5 Å². The maximum absolute atomic E-state index is 12.9. The molecule has 0 aliphatic heterocycles. The van der Waals surface area contributed by atoms with E-state index in [2.05, 4.69) is 20.6 Å². The van der Waals surface area contributed by atoms with Crippen molar-refractivity contribution in [3.63, 3.8) is 0 Å². The molecule has 0 unspecified atom stereocenters. The number of fused-ring (bicyclic) bond motifs is 1. The summed E-state index contributed by atoms with van der Waals surface area (Å²) in [5.74, 6) is -1.60. The van der Waals surface area contributed by atoms with Gasteiger partial charge in [-0.1, -0.05) is 65.7 Å². The van der Waals surface area contributed by atoms with Crippen LogP contribution in [0.25, 0.3) is 22.4 Å². The van der Waals surface area contributed by atoms with Crippen LogP contribution in [-0.2, 0) is 6.42 Å². The van der Waals surface area contributed by atoms with Crippen molar-refractivity contribution in [3.8, 4) is 11.4 Å². The first-order valence-corrected chi connectivity index (χ1v) is 13.0. The van der Waals surface area contributed by atoms with E-state index >= 15 is 0 Å². The molecule has 0 aliphatic carbocycles. The molecule has 0 atom stereocenters. The number of amides is 2. The number of carboxylic acids is 1. The summed E-state index contributed by atoms with van der Waals surface area (Å²) >= 11 is 12.2. The lowest BCUT2D eigenvalue weighted by molar-refractivity contribution is 0.0698. The number of rotatable bonds is 8. The van der Waals surface area contributed by atoms with Crippen LogP contribution in [0.2, 0.25) is 10.0 Å². The summed E-state index contributed by atoms with van der Waals surface area (Å²) < 4.78 is 0. The average Bonchev–Trinajstić information content (AvgIpc) is 3.36. The number of hydrogen-bond acceptors (Lipinski definition) is 4. The summed E-state index contributed by atoms with van der Waals surface area (Å²) in [6, 6.07) is 23.8. The molecule has 10 heteroatoms. The first-order chi connectivity index (χ1) is 19.3. The molecule has 0 radical (unpaired) electrons. The van der Waals surface area contributed by atoms with Gasteiger partial charge >= 0.3 is 5.97 Å². The van der Waals surface area contributed by atoms with Crippen LogP contribution in [0.4, 0.5) is 5.69 Å². The molecule has 0 fully saturated rings. The van der Waals surface area contributed by atoms with Crippen LogP contribution in [0.1, 0.15) is 36.6 Å². The van der Waals surface area contributed by atoms with Crippen molar-refractivity contribution in [1.82, 2.24) is 15.3 Å². The van der Waals surface area contributed by atoms with Crippen molar-refractivity contribution in [2.45, 2.75) is 6.42 Å². The Morgan fingerprint density at radius 1 is 0.825 bits per heavy atom. The molecule has 0 aliphatic rings. The number of hydrogen-bond donors (Lipinski definition) is 4. The smallest absolute Gasteiger partial charge is 0.337 e. The molecular formula is C30H22Cl2N4O4. The highest BCUT2D eigenvalue weighted by atomic mass is 35.5. The molecule has 0 saturated carbocycles. The number of aromatic nitrogens is 2. The number of H-pyrrole nitrogens is 1. The van der Waals surface area contributed by atoms with E-state index in [-0.39, 0.29) is 16.8 Å². The van der Waals surface area contributed by atoms with E-state index in [0.717, 1.165) is 16.6 Å². The van der Waals surface area contributed by atoms with Crippen LogP contribution in [-0.4, -0.2) is 39.4 Å². The molecule has 2 amide bonds. The first-order valence-electron chi connectivity index (χ1n) is 12.2. The third kappa shape index (κ3) is 5.98. The lowest BCUT2D eigenvalue weighted by atomic mass is 10.1. The van der Waals surface area contributed by atoms with Gasteiger partial charge in [0.25, 0.3) is 11.8 Å². The highest BCUT2D eigenvalue weighted by Gasteiger charge is 2.17. The molecular weight excluding hydrogens is 551 g/mol. The van der Waals surface area contributed by atoms with Gasteiger partial charge in [-0.2, -0.15) is 0 Å². The summed E-state index contributed by atoms with van der Waals surface area (Å²) in [6.45, 7) is 0.398. The summed E-state index contributed by atoms with van der Waals surface area (Å²) in [7, 11) is 0. The van der Waals surface area contributed by atoms with Crippen LogP contribution in [0, 0.1) is 0 Å². The molecule has 8 nitrogen and oxygen atoms in total. The van der Waals surface area contributed by atoms with Gasteiger partial charge in [-0.05, 0) is 54.4 Å². The van der Waals surface area contributed by atoms with Crippen LogP contribution in [0.15, 0.2) is 84.9 Å². The molecule has 0 saturated heterocycles. The molecule has 5 aromatic rings. The monoisotopic (exact) mass is 572 g/mol. The SMILES string of the molecule is O=C(NCCc1ccccc1)c1ccc(NC(=O)c2ccc(-c3nc4cc(Cl)c(Cl)cc4[nH]3)cc2)c(C(=O)O)c1. The molecule has 200 valence electrons. The Bertz CT molecular complexity index is 1700. The van der Waals surface area contributed by atoms with Crippen molar-refractivity contribution in [2.24, 2.45) is 0 Å². The Morgan fingerprint density at radius 2 is 1.52 bits per heavy atom. The molecule has 4 N–H and O–H groups in total. The highest BCUT2D eigenvalue weighted by Crippen LogP contribution is 2.29. The van der Waals surface area contributed by atoms with E-state index in [0.29, 0.717) is 39.9 Å². The van der Waals surface area contributed by atoms with Gasteiger partial charge in [-0.3, -0.25) is 9.59 Å². The second-order valence-corrected chi connectivity index (χ2v) is 9.77. The Balaban J connectivity index is 1.27. The van der Waals surface area contributed by atoms with Crippen molar-refractivity contribution >= 4 is 57.7 Å². The van der Waals surface area contributed by atoms with E-state index in [9.17, 15) is 19.5 Å². The number of imidazole rings is 1. The largest absolute Gasteiger partial charge is 0.478 e. The van der Waals surface area contributed by atoms with Crippen LogP contribution in [0.5, 0.6) is 0 Å². The second-order valence-electron chi connectivity index (χ2n) is 8.96. The molecule has 4 aromatic carbocycles. The number of carbonyl (C=O) groups is 3. The maximum atomic E-state index is 12.9. The summed E-state index contributed by atoms with van der Waals surface area (Å²) in [5.41, 5.74) is 3.56. The summed E-state index contributed by atoms with van der Waals surface area (Å²) in [6.07, 6.45) is 0.643. The highest BCUT2D eigenvalue weighted by molar-refractivity contribution is 6.42. The molecule has 0 spiro atoms. The van der Waals surface area contributed by atoms with E-state index in [1.807, 2.05) is 30.3 Å². The minimum absolute atomic E-state index is 0.0773. The van der Waals surface area contributed by atoms with Gasteiger partial charge in [-0.15, -0.1) is 0 Å². The number of carboxylic acid groups (broad SMARTS) is 1. The predicted octanol–water partition coefficient (Wildman–Crippen LogP) is 6.46. The third-order valence-corrected chi connectivity index (χ3v) is 6.97. The quantitative estimate of drug-likeness (QED) is 0.170. The number of nitrogens with zero attached hydrogens (tertiary/aromatic N) is 1. The number of halogens is 2. The second kappa shape index (κ2) is 11.6. The Morgan fingerprint density at radius 3 is 2.25 bits per heavy atom. The van der Waals surface area contributed by atoms with Gasteiger partial charge in [0.1, 0.15) is 5.82 Å². The van der Waals surface area contributed by atoms with Gasteiger partial charge < -0.3 is 20.7 Å². The summed E-state index contributed by atoms with van der Waals surface area (Å²) in [4.78, 5) is 45.1. The topological polar surface area (TPSA) is 124 Å². The zero-order valence-electron chi connectivity index (χ0n) is 20.9. The molecule has 1 heterocycles. The number of benzene rings is 4. The Hall–Kier alpha value is -4.66. The molecule has 0 bridgehead atoms. The van der Waals surface area contributed by atoms with Crippen LogP contribution >= 0.6 is 23.2 Å². The van der Waals surface area contributed by atoms with Crippen molar-refractivity contribution in [1.29, 1.82) is 0 Å². The fraction of sp³-hybridized carbons (Fsp3) is 0.0667. The van der Waals surface area contributed by atoms with Gasteiger partial charge in [0, 0.05) is 23.2 Å². The fourth-order valence-corrected chi connectivity index (χ4v) is 4.48. The van der Waals surface area contributed by atoms with Gasteiger partial charge in [-0.25, -0.2) is 9.78 Å². The molecule has 5 rings (SSSR count). The minimum Gasteiger partial charge on any atom is -0.478 e. The van der Waals surface area contributed by atoms with E-state index < -0.39 is 17.8 Å². The zero-order valence-corrected chi connectivity index (χ0v) is 22.4. The maximum Gasteiger partial charge on any atom is 0.337 e. The predicted molar refractivity (Wildman–Crippen MR) is 155 cm³/mol. The van der Waals surface area contributed by atoms with Crippen LogP contribution < -0.4 is 10.6 Å². The lowest BCUT2D eigenvalue weighted by Crippen LogP contribution is -2.26. The number of aromatic amines is 1. The van der Waals surface area contributed by atoms with E-state index in [1.54, 1.807) is 36.4 Å². The molecule has 40 heavy (non-hydrogen) atoms. The Labute approximate surface area is 239 Å². The lowest BCUT2D eigenvalue weighted by Gasteiger charge is -2.11. The standard InChI is InChI=1S/C30H22Cl2N4O4/c31-22-15-25-26(16-23(22)32)35-27(34-25)18-6-8-19(9-7-18)29(38)36-24-11-10-20(14-21(24)30(39)40)28(37)33-13-12-17-4-2-1-3-5-17/h1-11,14-16H,12-13H2,(H,33,37)(H,34,35)(H,36,38)(H,39,40). The van der Waals surface area contributed by atoms with E-state index in [4.69, 9.17) is 23.2 Å². The van der Waals surface area contributed by atoms with Crippen molar-refractivity contribution in [2.75, 3.05) is 11.9 Å². The third-order valence-electron chi connectivity index (χ3n) is 6.25. The normalized spacial score (nSPS) is 10.8. The first kappa shape index (κ1) is 26.9. The Kier molecular flexibility index (Phi) is 7.82. The number of carbonyl (C=O) groups excluding carboxylic acids is 2.